The number of hydrogen-bond donors (Lipinski definition) is 1. The number of rotatable bonds is 4. The fraction of sp³-hybridized carbons (Fsp3) is 0.583. The Morgan fingerprint density at radius 1 is 1.31 bits per heavy atom. The molecule has 0 atom stereocenters. The molecular weight excluding hydrogens is 220 g/mol. The number of anilines is 1. The minimum absolute atomic E-state index is 0.0657. The second-order valence-electron chi connectivity index (χ2n) is 3.72. The summed E-state index contributed by atoms with van der Waals surface area (Å²) in [5, 5.41) is 0.659. The first-order valence-corrected chi connectivity index (χ1v) is 6.55. The van der Waals surface area contributed by atoms with Gasteiger partial charge in [-0.15, -0.1) is 11.3 Å². The van der Waals surface area contributed by atoms with Crippen molar-refractivity contribution in [1.29, 1.82) is 0 Å². The molecule has 0 aliphatic rings. The Kier molecular flexibility index (Phi) is 4.35. The molecule has 0 fully saturated rings. The van der Waals surface area contributed by atoms with E-state index in [9.17, 15) is 4.79 Å². The molecule has 1 heterocycles. The molecule has 1 aromatic rings. The summed E-state index contributed by atoms with van der Waals surface area (Å²) >= 11 is 1.54. The van der Waals surface area contributed by atoms with Gasteiger partial charge in [0.1, 0.15) is 0 Å². The number of nitrogens with zero attached hydrogens (tertiary/aromatic N) is 1. The Balaban J connectivity index is 3.12. The maximum Gasteiger partial charge on any atom is 0.257 e. The molecule has 4 heteroatoms. The van der Waals surface area contributed by atoms with Crippen molar-refractivity contribution in [2.24, 2.45) is 0 Å². The molecule has 0 bridgehead atoms. The van der Waals surface area contributed by atoms with E-state index in [2.05, 4.69) is 6.92 Å². The number of nitrogen functional groups attached to an aromatic ring is 1. The van der Waals surface area contributed by atoms with Crippen LogP contribution >= 0.6 is 11.3 Å². The smallest absolute Gasteiger partial charge is 0.257 e. The second-order valence-corrected chi connectivity index (χ2v) is 4.86. The minimum atomic E-state index is 0.0657. The third-order valence-corrected chi connectivity index (χ3v) is 4.12. The molecule has 0 saturated heterocycles. The lowest BCUT2D eigenvalue weighted by Gasteiger charge is -2.18. The molecule has 1 rings (SSSR count). The van der Waals surface area contributed by atoms with Gasteiger partial charge in [-0.25, -0.2) is 0 Å². The van der Waals surface area contributed by atoms with E-state index in [0.717, 1.165) is 25.1 Å². The van der Waals surface area contributed by atoms with Crippen LogP contribution in [0.3, 0.4) is 0 Å². The Morgan fingerprint density at radius 3 is 2.25 bits per heavy atom. The van der Waals surface area contributed by atoms with Crippen LogP contribution in [-0.2, 0) is 6.42 Å². The zero-order valence-electron chi connectivity index (χ0n) is 10.5. The van der Waals surface area contributed by atoms with E-state index >= 15 is 0 Å². The molecule has 2 N–H and O–H groups in total. The number of carbonyl (C=O) groups is 1. The maximum absolute atomic E-state index is 12.2. The molecule has 90 valence electrons. The van der Waals surface area contributed by atoms with Gasteiger partial charge in [-0.2, -0.15) is 0 Å². The fourth-order valence-electron chi connectivity index (χ4n) is 1.86. The molecule has 1 amide bonds. The molecule has 0 radical (unpaired) electrons. The summed E-state index contributed by atoms with van der Waals surface area (Å²) in [6.45, 7) is 9.50. The molecule has 0 unspecified atom stereocenters. The van der Waals surface area contributed by atoms with E-state index in [1.165, 1.54) is 16.2 Å². The Bertz CT molecular complexity index is 381. The van der Waals surface area contributed by atoms with Gasteiger partial charge in [-0.1, -0.05) is 6.92 Å². The van der Waals surface area contributed by atoms with E-state index < -0.39 is 0 Å². The lowest BCUT2D eigenvalue weighted by atomic mass is 10.1. The summed E-state index contributed by atoms with van der Waals surface area (Å²) < 4.78 is 0. The Morgan fingerprint density at radius 2 is 1.88 bits per heavy atom. The summed E-state index contributed by atoms with van der Waals surface area (Å²) in [6, 6.07) is 0. The molecular formula is C12H20N2OS. The average molecular weight is 240 g/mol. The topological polar surface area (TPSA) is 46.3 Å². The largest absolute Gasteiger partial charge is 0.390 e. The third-order valence-electron chi connectivity index (χ3n) is 2.86. The summed E-state index contributed by atoms with van der Waals surface area (Å²) in [4.78, 5) is 15.3. The fourth-order valence-corrected chi connectivity index (χ4v) is 2.86. The van der Waals surface area contributed by atoms with E-state index in [1.807, 2.05) is 25.7 Å². The van der Waals surface area contributed by atoms with E-state index in [1.54, 1.807) is 0 Å². The lowest BCUT2D eigenvalue weighted by molar-refractivity contribution is 0.0774. The minimum Gasteiger partial charge on any atom is -0.390 e. The van der Waals surface area contributed by atoms with Gasteiger partial charge in [-0.05, 0) is 32.8 Å². The number of amides is 1. The summed E-state index contributed by atoms with van der Waals surface area (Å²) in [5.74, 6) is 0.0657. The zero-order valence-corrected chi connectivity index (χ0v) is 11.3. The van der Waals surface area contributed by atoms with Crippen LogP contribution in [0.25, 0.3) is 0 Å². The molecule has 0 saturated carbocycles. The number of hydrogen-bond acceptors (Lipinski definition) is 3. The maximum atomic E-state index is 12.2. The van der Waals surface area contributed by atoms with Crippen LogP contribution in [0.1, 0.15) is 41.6 Å². The van der Waals surface area contributed by atoms with Gasteiger partial charge in [0.15, 0.2) is 0 Å². The molecule has 0 aromatic carbocycles. The summed E-state index contributed by atoms with van der Waals surface area (Å²) in [7, 11) is 0. The lowest BCUT2D eigenvalue weighted by Crippen LogP contribution is -2.31. The zero-order chi connectivity index (χ0) is 12.3. The van der Waals surface area contributed by atoms with Crippen molar-refractivity contribution in [1.82, 2.24) is 4.90 Å². The van der Waals surface area contributed by atoms with Crippen molar-refractivity contribution in [3.8, 4) is 0 Å². The first-order chi connectivity index (χ1) is 7.56. The summed E-state index contributed by atoms with van der Waals surface area (Å²) in [5.41, 5.74) is 7.71. The normalized spacial score (nSPS) is 10.5. The van der Waals surface area contributed by atoms with Crippen molar-refractivity contribution < 1.29 is 4.79 Å². The SMILES string of the molecule is CCc1sc(N)c(C(=O)N(CC)CC)c1C. The van der Waals surface area contributed by atoms with Crippen LogP contribution in [-0.4, -0.2) is 23.9 Å². The van der Waals surface area contributed by atoms with Crippen LogP contribution in [0.2, 0.25) is 0 Å². The van der Waals surface area contributed by atoms with Crippen LogP contribution in [0.4, 0.5) is 5.00 Å². The van der Waals surface area contributed by atoms with Crippen molar-refractivity contribution in [2.45, 2.75) is 34.1 Å². The molecule has 1 aromatic heterocycles. The van der Waals surface area contributed by atoms with Crippen LogP contribution in [0, 0.1) is 6.92 Å². The first kappa shape index (κ1) is 13.0. The number of carbonyl (C=O) groups excluding carboxylic acids is 1. The van der Waals surface area contributed by atoms with Crippen molar-refractivity contribution in [3.05, 3.63) is 16.0 Å². The highest BCUT2D eigenvalue weighted by Crippen LogP contribution is 2.31. The highest BCUT2D eigenvalue weighted by Gasteiger charge is 2.21. The van der Waals surface area contributed by atoms with Crippen molar-refractivity contribution in [2.75, 3.05) is 18.8 Å². The highest BCUT2D eigenvalue weighted by molar-refractivity contribution is 7.16. The van der Waals surface area contributed by atoms with Crippen molar-refractivity contribution >= 4 is 22.2 Å². The van der Waals surface area contributed by atoms with Gasteiger partial charge in [0.2, 0.25) is 0 Å². The number of nitrogens with two attached hydrogens (primary N) is 1. The van der Waals surface area contributed by atoms with E-state index in [-0.39, 0.29) is 5.91 Å². The molecule has 0 aliphatic carbocycles. The van der Waals surface area contributed by atoms with Crippen LogP contribution in [0.5, 0.6) is 0 Å². The monoisotopic (exact) mass is 240 g/mol. The van der Waals surface area contributed by atoms with Crippen LogP contribution in [0.15, 0.2) is 0 Å². The van der Waals surface area contributed by atoms with Gasteiger partial charge in [-0.3, -0.25) is 4.79 Å². The third kappa shape index (κ3) is 2.21. The van der Waals surface area contributed by atoms with Gasteiger partial charge in [0.25, 0.3) is 5.91 Å². The van der Waals surface area contributed by atoms with Crippen LogP contribution < -0.4 is 5.73 Å². The average Bonchev–Trinajstić information content (AvgIpc) is 2.55. The highest BCUT2D eigenvalue weighted by atomic mass is 32.1. The standard InChI is InChI=1S/C12H20N2OS/c1-5-9-8(4)10(11(13)16-9)12(15)14(6-2)7-3/h5-7,13H2,1-4H3. The predicted molar refractivity (Wildman–Crippen MR) is 70.1 cm³/mol. The Labute approximate surface area is 101 Å². The number of thiophene rings is 1. The van der Waals surface area contributed by atoms with Crippen molar-refractivity contribution in [3.63, 3.8) is 0 Å². The van der Waals surface area contributed by atoms with Gasteiger partial charge < -0.3 is 10.6 Å². The Hall–Kier alpha value is -1.03. The van der Waals surface area contributed by atoms with E-state index in [4.69, 9.17) is 5.73 Å². The molecule has 0 spiro atoms. The first-order valence-electron chi connectivity index (χ1n) is 5.73. The van der Waals surface area contributed by atoms with Gasteiger partial charge in [0.05, 0.1) is 10.6 Å². The number of aryl methyl sites for hydroxylation is 1. The molecule has 0 aliphatic heterocycles. The molecule has 3 nitrogen and oxygen atoms in total. The van der Waals surface area contributed by atoms with E-state index in [0.29, 0.717) is 10.6 Å². The van der Waals surface area contributed by atoms with Gasteiger partial charge in [0, 0.05) is 18.0 Å². The quantitative estimate of drug-likeness (QED) is 0.879. The molecule has 16 heavy (non-hydrogen) atoms. The second kappa shape index (κ2) is 5.34. The predicted octanol–water partition coefficient (Wildman–Crippen LogP) is 2.68. The van der Waals surface area contributed by atoms with Gasteiger partial charge >= 0.3 is 0 Å². The summed E-state index contributed by atoms with van der Waals surface area (Å²) in [6.07, 6.45) is 0.937.